The summed E-state index contributed by atoms with van der Waals surface area (Å²) in [6.07, 6.45) is 6.54. The largest absolute Gasteiger partial charge is 0.383 e. The summed E-state index contributed by atoms with van der Waals surface area (Å²) in [4.78, 5) is 16.4. The average molecular weight is 263 g/mol. The molecule has 2 unspecified atom stereocenters. The molecule has 1 fully saturated rings. The fourth-order valence-electron chi connectivity index (χ4n) is 2.54. The number of methoxy groups -OCH3 is 1. The van der Waals surface area contributed by atoms with E-state index in [0.717, 1.165) is 31.5 Å². The van der Waals surface area contributed by atoms with Gasteiger partial charge in [0.2, 0.25) is 0 Å². The summed E-state index contributed by atoms with van der Waals surface area (Å²) < 4.78 is 5.40. The number of carbonyl (C=O) groups excluding carboxylic acids is 1. The molecule has 0 bridgehead atoms. The maximum absolute atomic E-state index is 12.3. The summed E-state index contributed by atoms with van der Waals surface area (Å²) >= 11 is 0. The molecule has 2 atom stereocenters. The lowest BCUT2D eigenvalue weighted by Gasteiger charge is -2.20. The minimum Gasteiger partial charge on any atom is -0.383 e. The van der Waals surface area contributed by atoms with Gasteiger partial charge in [-0.3, -0.25) is 9.78 Å². The maximum Gasteiger partial charge on any atom is 0.253 e. The van der Waals surface area contributed by atoms with Crippen LogP contribution in [0.3, 0.4) is 0 Å². The highest BCUT2D eigenvalue weighted by Crippen LogP contribution is 2.22. The van der Waals surface area contributed by atoms with Crippen molar-refractivity contribution >= 4 is 11.6 Å². The SMILES string of the molecule is CCNc1cnccc1C(=O)NC1CCCC1OC. The average Bonchev–Trinajstić information content (AvgIpc) is 2.87. The summed E-state index contributed by atoms with van der Waals surface area (Å²) in [6, 6.07) is 1.85. The normalized spacial score (nSPS) is 22.2. The van der Waals surface area contributed by atoms with Gasteiger partial charge in [-0.25, -0.2) is 0 Å². The highest BCUT2D eigenvalue weighted by molar-refractivity contribution is 5.99. The van der Waals surface area contributed by atoms with Gasteiger partial charge in [-0.1, -0.05) is 0 Å². The van der Waals surface area contributed by atoms with Gasteiger partial charge in [-0.15, -0.1) is 0 Å². The molecule has 2 N–H and O–H groups in total. The first-order valence-corrected chi connectivity index (χ1v) is 6.77. The second-order valence-electron chi connectivity index (χ2n) is 4.74. The second kappa shape index (κ2) is 6.52. The lowest BCUT2D eigenvalue weighted by atomic mass is 10.1. The summed E-state index contributed by atoms with van der Waals surface area (Å²) in [5.74, 6) is -0.0627. The fourth-order valence-corrected chi connectivity index (χ4v) is 2.54. The van der Waals surface area contributed by atoms with Gasteiger partial charge in [0.05, 0.1) is 29.6 Å². The number of hydrogen-bond acceptors (Lipinski definition) is 4. The van der Waals surface area contributed by atoms with E-state index in [-0.39, 0.29) is 18.1 Å². The van der Waals surface area contributed by atoms with Crippen LogP contribution in [0.25, 0.3) is 0 Å². The minimum atomic E-state index is -0.0627. The predicted octanol–water partition coefficient (Wildman–Crippen LogP) is 1.81. The van der Waals surface area contributed by atoms with Gasteiger partial charge >= 0.3 is 0 Å². The van der Waals surface area contributed by atoms with E-state index < -0.39 is 0 Å². The van der Waals surface area contributed by atoms with E-state index in [4.69, 9.17) is 4.74 Å². The third-order valence-electron chi connectivity index (χ3n) is 3.50. The molecule has 1 aromatic heterocycles. The quantitative estimate of drug-likeness (QED) is 0.850. The van der Waals surface area contributed by atoms with Crippen LogP contribution in [0.15, 0.2) is 18.5 Å². The molecule has 1 heterocycles. The Kier molecular flexibility index (Phi) is 4.74. The number of amides is 1. The molecule has 0 aromatic carbocycles. The van der Waals surface area contributed by atoms with Crippen LogP contribution >= 0.6 is 0 Å². The molecule has 1 aliphatic carbocycles. The van der Waals surface area contributed by atoms with Crippen molar-refractivity contribution in [1.29, 1.82) is 0 Å². The molecule has 19 heavy (non-hydrogen) atoms. The van der Waals surface area contributed by atoms with E-state index in [0.29, 0.717) is 5.56 Å². The number of rotatable bonds is 5. The highest BCUT2D eigenvalue weighted by atomic mass is 16.5. The zero-order chi connectivity index (χ0) is 13.7. The first-order chi connectivity index (χ1) is 9.26. The molecule has 1 aromatic rings. The number of aromatic nitrogens is 1. The molecule has 0 aliphatic heterocycles. The summed E-state index contributed by atoms with van der Waals surface area (Å²) in [7, 11) is 1.70. The van der Waals surface area contributed by atoms with Crippen LogP contribution in [0.4, 0.5) is 5.69 Å². The smallest absolute Gasteiger partial charge is 0.253 e. The monoisotopic (exact) mass is 263 g/mol. The number of carbonyl (C=O) groups is 1. The Labute approximate surface area is 113 Å². The highest BCUT2D eigenvalue weighted by Gasteiger charge is 2.29. The topological polar surface area (TPSA) is 63.2 Å². The molecule has 2 rings (SSSR count). The molecule has 1 aliphatic rings. The summed E-state index contributed by atoms with van der Waals surface area (Å²) in [6.45, 7) is 2.75. The Morgan fingerprint density at radius 3 is 3.11 bits per heavy atom. The molecule has 0 spiro atoms. The Bertz CT molecular complexity index is 436. The van der Waals surface area contributed by atoms with Gasteiger partial charge in [-0.05, 0) is 32.3 Å². The predicted molar refractivity (Wildman–Crippen MR) is 74.3 cm³/mol. The van der Waals surface area contributed by atoms with Crippen LogP contribution in [0, 0.1) is 0 Å². The Morgan fingerprint density at radius 2 is 2.37 bits per heavy atom. The van der Waals surface area contributed by atoms with Gasteiger partial charge in [0.15, 0.2) is 0 Å². The third kappa shape index (κ3) is 3.23. The van der Waals surface area contributed by atoms with Crippen LogP contribution in [-0.4, -0.2) is 36.7 Å². The van der Waals surface area contributed by atoms with E-state index in [1.807, 2.05) is 6.92 Å². The zero-order valence-electron chi connectivity index (χ0n) is 11.5. The molecule has 0 radical (unpaired) electrons. The Hall–Kier alpha value is -1.62. The lowest BCUT2D eigenvalue weighted by Crippen LogP contribution is -2.40. The number of ether oxygens (including phenoxy) is 1. The van der Waals surface area contributed by atoms with Crippen LogP contribution in [0.2, 0.25) is 0 Å². The molecule has 5 heteroatoms. The lowest BCUT2D eigenvalue weighted by molar-refractivity contribution is 0.0722. The number of anilines is 1. The molecule has 0 saturated heterocycles. The number of hydrogen-bond donors (Lipinski definition) is 2. The van der Waals surface area contributed by atoms with E-state index in [2.05, 4.69) is 15.6 Å². The van der Waals surface area contributed by atoms with Crippen molar-refractivity contribution in [3.8, 4) is 0 Å². The van der Waals surface area contributed by atoms with E-state index in [9.17, 15) is 4.79 Å². The van der Waals surface area contributed by atoms with Crippen LogP contribution < -0.4 is 10.6 Å². The first kappa shape index (κ1) is 13.8. The van der Waals surface area contributed by atoms with Gasteiger partial charge in [0, 0.05) is 19.9 Å². The Morgan fingerprint density at radius 1 is 1.53 bits per heavy atom. The standard InChI is InChI=1S/C14H21N3O2/c1-3-16-12-9-15-8-7-10(12)14(18)17-11-5-4-6-13(11)19-2/h7-9,11,13,16H,3-6H2,1-2H3,(H,17,18). The van der Waals surface area contributed by atoms with E-state index in [1.165, 1.54) is 0 Å². The third-order valence-corrected chi connectivity index (χ3v) is 3.50. The molecule has 104 valence electrons. The fraction of sp³-hybridized carbons (Fsp3) is 0.571. The van der Waals surface area contributed by atoms with Crippen LogP contribution in [0.5, 0.6) is 0 Å². The molecule has 1 saturated carbocycles. The van der Waals surface area contributed by atoms with Gasteiger partial charge < -0.3 is 15.4 Å². The van der Waals surface area contributed by atoms with Crippen molar-refractivity contribution in [3.05, 3.63) is 24.0 Å². The van der Waals surface area contributed by atoms with E-state index in [1.54, 1.807) is 25.6 Å². The zero-order valence-corrected chi connectivity index (χ0v) is 11.5. The molecule has 1 amide bonds. The van der Waals surface area contributed by atoms with Crippen LogP contribution in [-0.2, 0) is 4.74 Å². The van der Waals surface area contributed by atoms with Gasteiger partial charge in [0.25, 0.3) is 5.91 Å². The molecular formula is C14H21N3O2. The summed E-state index contributed by atoms with van der Waals surface area (Å²) in [5, 5.41) is 6.22. The van der Waals surface area contributed by atoms with Crippen molar-refractivity contribution < 1.29 is 9.53 Å². The van der Waals surface area contributed by atoms with Crippen molar-refractivity contribution in [1.82, 2.24) is 10.3 Å². The van der Waals surface area contributed by atoms with Crippen LogP contribution in [0.1, 0.15) is 36.5 Å². The first-order valence-electron chi connectivity index (χ1n) is 6.77. The van der Waals surface area contributed by atoms with Crippen molar-refractivity contribution in [2.75, 3.05) is 19.0 Å². The number of nitrogens with one attached hydrogen (secondary N) is 2. The second-order valence-corrected chi connectivity index (χ2v) is 4.74. The minimum absolute atomic E-state index is 0.0627. The number of nitrogens with zero attached hydrogens (tertiary/aromatic N) is 1. The van der Waals surface area contributed by atoms with Crippen molar-refractivity contribution in [3.63, 3.8) is 0 Å². The van der Waals surface area contributed by atoms with Gasteiger partial charge in [0.1, 0.15) is 0 Å². The number of pyridine rings is 1. The van der Waals surface area contributed by atoms with Crippen molar-refractivity contribution in [2.45, 2.75) is 38.3 Å². The van der Waals surface area contributed by atoms with E-state index >= 15 is 0 Å². The molecular weight excluding hydrogens is 242 g/mol. The Balaban J connectivity index is 2.07. The van der Waals surface area contributed by atoms with Gasteiger partial charge in [-0.2, -0.15) is 0 Å². The van der Waals surface area contributed by atoms with Crippen molar-refractivity contribution in [2.24, 2.45) is 0 Å². The summed E-state index contributed by atoms with van der Waals surface area (Å²) in [5.41, 5.74) is 1.41. The maximum atomic E-state index is 12.3. The molecule has 5 nitrogen and oxygen atoms in total.